The zero-order valence-electron chi connectivity index (χ0n) is 13.0. The van der Waals surface area contributed by atoms with Crippen LogP contribution in [0, 0.1) is 5.92 Å². The van der Waals surface area contributed by atoms with Crippen LogP contribution in [0.3, 0.4) is 0 Å². The van der Waals surface area contributed by atoms with Gasteiger partial charge in [-0.1, -0.05) is 46.0 Å². The highest BCUT2D eigenvalue weighted by atomic mass is 15.3. The maximum Gasteiger partial charge on any atom is 0.0337 e. The number of hydrogen-bond acceptors (Lipinski definition) is 2. The van der Waals surface area contributed by atoms with E-state index in [0.29, 0.717) is 11.6 Å². The molecule has 0 bridgehead atoms. The fourth-order valence-corrected chi connectivity index (χ4v) is 4.77. The fourth-order valence-electron chi connectivity index (χ4n) is 4.77. The molecule has 3 fully saturated rings. The van der Waals surface area contributed by atoms with E-state index < -0.39 is 0 Å². The van der Waals surface area contributed by atoms with E-state index in [1.54, 1.807) is 0 Å². The SMILES string of the molecule is CC(C)C1CN(C2CCCCC2)C2(CCCC2)CN1. The Labute approximate surface area is 119 Å². The molecule has 1 heterocycles. The molecule has 2 saturated carbocycles. The molecule has 0 radical (unpaired) electrons. The van der Waals surface area contributed by atoms with Crippen molar-refractivity contribution in [1.29, 1.82) is 0 Å². The zero-order chi connectivity index (χ0) is 13.3. The summed E-state index contributed by atoms with van der Waals surface area (Å²) in [6.45, 7) is 7.32. The van der Waals surface area contributed by atoms with Crippen LogP contribution in [0.2, 0.25) is 0 Å². The van der Waals surface area contributed by atoms with Crippen molar-refractivity contribution in [3.8, 4) is 0 Å². The molecule has 1 N–H and O–H groups in total. The van der Waals surface area contributed by atoms with E-state index in [0.717, 1.165) is 12.0 Å². The molecule has 0 aromatic carbocycles. The molecule has 1 unspecified atom stereocenters. The van der Waals surface area contributed by atoms with E-state index in [2.05, 4.69) is 24.1 Å². The minimum Gasteiger partial charge on any atom is -0.311 e. The summed E-state index contributed by atoms with van der Waals surface area (Å²) in [5, 5.41) is 3.88. The molecule has 1 aliphatic heterocycles. The van der Waals surface area contributed by atoms with E-state index >= 15 is 0 Å². The van der Waals surface area contributed by atoms with Gasteiger partial charge in [-0.25, -0.2) is 0 Å². The quantitative estimate of drug-likeness (QED) is 0.820. The lowest BCUT2D eigenvalue weighted by molar-refractivity contribution is -0.0148. The van der Waals surface area contributed by atoms with E-state index in [1.807, 2.05) is 0 Å². The Morgan fingerprint density at radius 2 is 1.68 bits per heavy atom. The first-order chi connectivity index (χ1) is 9.21. The summed E-state index contributed by atoms with van der Waals surface area (Å²) in [6.07, 6.45) is 13.1. The highest BCUT2D eigenvalue weighted by Gasteiger charge is 2.46. The molecule has 110 valence electrons. The summed E-state index contributed by atoms with van der Waals surface area (Å²) in [7, 11) is 0. The van der Waals surface area contributed by atoms with Crippen LogP contribution in [0.5, 0.6) is 0 Å². The summed E-state index contributed by atoms with van der Waals surface area (Å²) >= 11 is 0. The van der Waals surface area contributed by atoms with Gasteiger partial charge in [-0.2, -0.15) is 0 Å². The molecule has 19 heavy (non-hydrogen) atoms. The highest BCUT2D eigenvalue weighted by Crippen LogP contribution is 2.41. The third-order valence-corrected chi connectivity index (χ3v) is 6.05. The van der Waals surface area contributed by atoms with Crippen molar-refractivity contribution in [2.24, 2.45) is 5.92 Å². The van der Waals surface area contributed by atoms with Gasteiger partial charge in [0.2, 0.25) is 0 Å². The predicted octanol–water partition coefficient (Wildman–Crippen LogP) is 3.56. The van der Waals surface area contributed by atoms with Crippen LogP contribution in [0.1, 0.15) is 71.6 Å². The van der Waals surface area contributed by atoms with Gasteiger partial charge in [-0.3, -0.25) is 4.90 Å². The Balaban J connectivity index is 1.76. The minimum atomic E-state index is 0.535. The number of rotatable bonds is 2. The third kappa shape index (κ3) is 2.71. The first kappa shape index (κ1) is 13.9. The molecule has 1 atom stereocenters. The number of nitrogens with one attached hydrogen (secondary N) is 1. The molecular weight excluding hydrogens is 232 g/mol. The minimum absolute atomic E-state index is 0.535. The predicted molar refractivity (Wildman–Crippen MR) is 81.4 cm³/mol. The molecular formula is C17H32N2. The maximum atomic E-state index is 3.88. The Hall–Kier alpha value is -0.0800. The molecule has 3 aliphatic rings. The molecule has 1 saturated heterocycles. The second-order valence-corrected chi connectivity index (χ2v) is 7.61. The van der Waals surface area contributed by atoms with Crippen LogP contribution < -0.4 is 5.32 Å². The lowest BCUT2D eigenvalue weighted by atomic mass is 9.83. The first-order valence-corrected chi connectivity index (χ1v) is 8.71. The Morgan fingerprint density at radius 3 is 2.32 bits per heavy atom. The topological polar surface area (TPSA) is 15.3 Å². The molecule has 1 spiro atoms. The lowest BCUT2D eigenvalue weighted by Crippen LogP contribution is -2.67. The molecule has 3 rings (SSSR count). The average Bonchev–Trinajstić information content (AvgIpc) is 2.89. The summed E-state index contributed by atoms with van der Waals surface area (Å²) in [5.74, 6) is 0.768. The monoisotopic (exact) mass is 264 g/mol. The van der Waals surface area contributed by atoms with Gasteiger partial charge < -0.3 is 5.32 Å². The van der Waals surface area contributed by atoms with Crippen molar-refractivity contribution in [3.63, 3.8) is 0 Å². The van der Waals surface area contributed by atoms with Gasteiger partial charge in [-0.15, -0.1) is 0 Å². The van der Waals surface area contributed by atoms with E-state index in [1.165, 1.54) is 70.9 Å². The lowest BCUT2D eigenvalue weighted by Gasteiger charge is -2.53. The number of nitrogens with zero attached hydrogens (tertiary/aromatic N) is 1. The van der Waals surface area contributed by atoms with Crippen LogP contribution in [-0.2, 0) is 0 Å². The van der Waals surface area contributed by atoms with Gasteiger partial charge in [0, 0.05) is 30.7 Å². The van der Waals surface area contributed by atoms with Crippen LogP contribution >= 0.6 is 0 Å². The zero-order valence-corrected chi connectivity index (χ0v) is 13.0. The van der Waals surface area contributed by atoms with Crippen molar-refractivity contribution in [1.82, 2.24) is 10.2 Å². The van der Waals surface area contributed by atoms with Crippen LogP contribution in [0.4, 0.5) is 0 Å². The summed E-state index contributed by atoms with van der Waals surface area (Å²) in [6, 6.07) is 1.61. The van der Waals surface area contributed by atoms with Crippen LogP contribution in [0.15, 0.2) is 0 Å². The maximum absolute atomic E-state index is 3.88. The number of hydrogen-bond donors (Lipinski definition) is 1. The standard InChI is InChI=1S/C17H32N2/c1-14(2)16-12-19(15-8-4-3-5-9-15)17(13-18-16)10-6-7-11-17/h14-16,18H,3-13H2,1-2H3. The van der Waals surface area contributed by atoms with E-state index in [4.69, 9.17) is 0 Å². The van der Waals surface area contributed by atoms with Gasteiger partial charge in [0.05, 0.1) is 0 Å². The van der Waals surface area contributed by atoms with Crippen LogP contribution in [0.25, 0.3) is 0 Å². The van der Waals surface area contributed by atoms with Crippen molar-refractivity contribution >= 4 is 0 Å². The normalized spacial score (nSPS) is 33.3. The second kappa shape index (κ2) is 5.73. The Kier molecular flexibility index (Phi) is 4.19. The molecule has 2 nitrogen and oxygen atoms in total. The van der Waals surface area contributed by atoms with Gasteiger partial charge in [0.1, 0.15) is 0 Å². The molecule has 0 amide bonds. The number of piperazine rings is 1. The van der Waals surface area contributed by atoms with Gasteiger partial charge in [0.25, 0.3) is 0 Å². The van der Waals surface area contributed by atoms with Gasteiger partial charge in [-0.05, 0) is 31.6 Å². The van der Waals surface area contributed by atoms with Gasteiger partial charge in [0.15, 0.2) is 0 Å². The molecule has 0 aromatic heterocycles. The fraction of sp³-hybridized carbons (Fsp3) is 1.00. The Morgan fingerprint density at radius 1 is 1.00 bits per heavy atom. The largest absolute Gasteiger partial charge is 0.311 e. The van der Waals surface area contributed by atoms with Gasteiger partial charge >= 0.3 is 0 Å². The smallest absolute Gasteiger partial charge is 0.0337 e. The summed E-state index contributed by atoms with van der Waals surface area (Å²) in [5.41, 5.74) is 0.535. The molecule has 0 aromatic rings. The van der Waals surface area contributed by atoms with Crippen molar-refractivity contribution in [2.45, 2.75) is 89.3 Å². The Bertz CT molecular complexity index is 288. The highest BCUT2D eigenvalue weighted by molar-refractivity contribution is 5.04. The second-order valence-electron chi connectivity index (χ2n) is 7.61. The van der Waals surface area contributed by atoms with Crippen molar-refractivity contribution in [2.75, 3.05) is 13.1 Å². The summed E-state index contributed by atoms with van der Waals surface area (Å²) in [4.78, 5) is 2.99. The van der Waals surface area contributed by atoms with Crippen molar-refractivity contribution < 1.29 is 0 Å². The average molecular weight is 264 g/mol. The van der Waals surface area contributed by atoms with Crippen molar-refractivity contribution in [3.05, 3.63) is 0 Å². The molecule has 2 aliphatic carbocycles. The van der Waals surface area contributed by atoms with E-state index in [9.17, 15) is 0 Å². The first-order valence-electron chi connectivity index (χ1n) is 8.71. The third-order valence-electron chi connectivity index (χ3n) is 6.05. The molecule has 2 heteroatoms. The van der Waals surface area contributed by atoms with Crippen LogP contribution in [-0.4, -0.2) is 35.6 Å². The summed E-state index contributed by atoms with van der Waals surface area (Å²) < 4.78 is 0. The van der Waals surface area contributed by atoms with E-state index in [-0.39, 0.29) is 0 Å².